The number of benzene rings is 2. The van der Waals surface area contributed by atoms with Crippen LogP contribution >= 0.6 is 11.8 Å². The lowest BCUT2D eigenvalue weighted by Crippen LogP contribution is -2.28. The van der Waals surface area contributed by atoms with Gasteiger partial charge in [-0.1, -0.05) is 66.4 Å². The first-order valence-corrected chi connectivity index (χ1v) is 10.0. The summed E-state index contributed by atoms with van der Waals surface area (Å²) in [6.45, 7) is 6.87. The minimum Gasteiger partial charge on any atom is -0.349 e. The number of hydrogen-bond donors (Lipinski definition) is 1. The van der Waals surface area contributed by atoms with Gasteiger partial charge in [-0.3, -0.25) is 4.79 Å². The number of aromatic nitrogens is 3. The molecule has 2 aromatic carbocycles. The maximum absolute atomic E-state index is 12.3. The van der Waals surface area contributed by atoms with Crippen LogP contribution in [0.25, 0.3) is 11.4 Å². The Morgan fingerprint density at radius 3 is 2.52 bits per heavy atom. The van der Waals surface area contributed by atoms with Crippen molar-refractivity contribution >= 4 is 17.7 Å². The molecule has 0 aliphatic rings. The normalized spacial score (nSPS) is 12.0. The number of nitrogens with one attached hydrogen (secondary N) is 1. The Bertz CT molecular complexity index is 908. The number of nitrogens with zero attached hydrogens (tertiary/aromatic N) is 3. The molecule has 0 bridgehead atoms. The molecule has 1 amide bonds. The predicted molar refractivity (Wildman–Crippen MR) is 110 cm³/mol. The number of carbonyl (C=O) groups excluding carboxylic acids is 1. The van der Waals surface area contributed by atoms with Gasteiger partial charge in [-0.2, -0.15) is 0 Å². The second kappa shape index (κ2) is 8.86. The van der Waals surface area contributed by atoms with E-state index in [-0.39, 0.29) is 11.9 Å². The molecule has 1 aromatic heterocycles. The highest BCUT2D eigenvalue weighted by molar-refractivity contribution is 7.99. The summed E-state index contributed by atoms with van der Waals surface area (Å²) in [6, 6.07) is 18.1. The van der Waals surface area contributed by atoms with Gasteiger partial charge in [0.05, 0.1) is 11.8 Å². The minimum absolute atomic E-state index is 0.0144. The Labute approximate surface area is 164 Å². The molecule has 0 fully saturated rings. The Kier molecular flexibility index (Phi) is 6.29. The second-order valence-electron chi connectivity index (χ2n) is 6.35. The largest absolute Gasteiger partial charge is 0.349 e. The number of thioether (sulfide) groups is 1. The van der Waals surface area contributed by atoms with Gasteiger partial charge >= 0.3 is 0 Å². The van der Waals surface area contributed by atoms with E-state index in [1.165, 1.54) is 11.8 Å². The lowest BCUT2D eigenvalue weighted by atomic mass is 10.1. The minimum atomic E-state index is -0.0223. The summed E-state index contributed by atoms with van der Waals surface area (Å²) in [4.78, 5) is 12.3. The summed E-state index contributed by atoms with van der Waals surface area (Å²) in [5, 5.41) is 12.5. The van der Waals surface area contributed by atoms with E-state index in [0.29, 0.717) is 5.75 Å². The molecule has 1 heterocycles. The summed E-state index contributed by atoms with van der Waals surface area (Å²) in [7, 11) is 0. The molecule has 3 rings (SSSR count). The molecule has 0 saturated heterocycles. The monoisotopic (exact) mass is 380 g/mol. The van der Waals surface area contributed by atoms with Crippen LogP contribution in [0.1, 0.15) is 31.0 Å². The Morgan fingerprint density at radius 2 is 1.81 bits per heavy atom. The van der Waals surface area contributed by atoms with Crippen molar-refractivity contribution in [1.29, 1.82) is 0 Å². The number of carbonyl (C=O) groups is 1. The zero-order valence-corrected chi connectivity index (χ0v) is 16.7. The molecule has 1 atom stereocenters. The highest BCUT2D eigenvalue weighted by Crippen LogP contribution is 2.26. The van der Waals surface area contributed by atoms with E-state index < -0.39 is 0 Å². The molecule has 6 heteroatoms. The maximum atomic E-state index is 12.3. The van der Waals surface area contributed by atoms with Crippen molar-refractivity contribution in [2.24, 2.45) is 0 Å². The molecule has 0 aliphatic heterocycles. The van der Waals surface area contributed by atoms with Crippen molar-refractivity contribution in [3.63, 3.8) is 0 Å². The van der Waals surface area contributed by atoms with Crippen molar-refractivity contribution in [3.8, 4) is 11.4 Å². The fourth-order valence-electron chi connectivity index (χ4n) is 2.94. The fourth-order valence-corrected chi connectivity index (χ4v) is 3.76. The molecule has 3 aromatic rings. The second-order valence-corrected chi connectivity index (χ2v) is 7.30. The molecule has 0 radical (unpaired) electrons. The lowest BCUT2D eigenvalue weighted by Gasteiger charge is -2.14. The molecule has 140 valence electrons. The van der Waals surface area contributed by atoms with Crippen molar-refractivity contribution in [3.05, 3.63) is 65.7 Å². The van der Waals surface area contributed by atoms with Gasteiger partial charge in [0.15, 0.2) is 11.0 Å². The van der Waals surface area contributed by atoms with Crippen molar-refractivity contribution < 1.29 is 4.79 Å². The van der Waals surface area contributed by atoms with E-state index in [1.807, 2.05) is 55.5 Å². The molecule has 0 unspecified atom stereocenters. The van der Waals surface area contributed by atoms with Crippen LogP contribution in [-0.2, 0) is 11.3 Å². The number of hydrogen-bond acceptors (Lipinski definition) is 4. The van der Waals surface area contributed by atoms with Crippen molar-refractivity contribution in [1.82, 2.24) is 20.1 Å². The van der Waals surface area contributed by atoms with Gasteiger partial charge < -0.3 is 9.88 Å². The Balaban J connectivity index is 1.66. The third kappa shape index (κ3) is 4.57. The van der Waals surface area contributed by atoms with Crippen LogP contribution in [0.2, 0.25) is 0 Å². The quantitative estimate of drug-likeness (QED) is 0.623. The first-order valence-electron chi connectivity index (χ1n) is 9.06. The summed E-state index contributed by atoms with van der Waals surface area (Å²) < 4.78 is 2.06. The van der Waals surface area contributed by atoms with Crippen LogP contribution in [0, 0.1) is 6.92 Å². The topological polar surface area (TPSA) is 59.8 Å². The van der Waals surface area contributed by atoms with E-state index in [1.54, 1.807) is 0 Å². The molecule has 0 saturated carbocycles. The van der Waals surface area contributed by atoms with Gasteiger partial charge in [-0.15, -0.1) is 10.2 Å². The molecular formula is C21H24N4OS. The van der Waals surface area contributed by atoms with Gasteiger partial charge in [-0.25, -0.2) is 0 Å². The van der Waals surface area contributed by atoms with Crippen LogP contribution in [0.4, 0.5) is 0 Å². The fraction of sp³-hybridized carbons (Fsp3) is 0.286. The highest BCUT2D eigenvalue weighted by atomic mass is 32.2. The van der Waals surface area contributed by atoms with Crippen molar-refractivity contribution in [2.45, 2.75) is 38.5 Å². The van der Waals surface area contributed by atoms with Crippen LogP contribution < -0.4 is 5.32 Å². The van der Waals surface area contributed by atoms with Crippen LogP contribution in [0.15, 0.2) is 59.8 Å². The first kappa shape index (κ1) is 19.2. The van der Waals surface area contributed by atoms with Gasteiger partial charge in [0, 0.05) is 12.1 Å². The summed E-state index contributed by atoms with van der Waals surface area (Å²) in [5.41, 5.74) is 3.32. The zero-order valence-electron chi connectivity index (χ0n) is 15.8. The first-order chi connectivity index (χ1) is 13.1. The van der Waals surface area contributed by atoms with E-state index in [0.717, 1.165) is 34.2 Å². The highest BCUT2D eigenvalue weighted by Gasteiger charge is 2.16. The number of rotatable bonds is 7. The SMILES string of the molecule is CCn1c(SCC(=O)N[C@@H](C)c2ccccc2)nnc1-c1ccccc1C. The number of aryl methyl sites for hydroxylation is 1. The average molecular weight is 381 g/mol. The van der Waals surface area contributed by atoms with Crippen LogP contribution in [0.3, 0.4) is 0 Å². The van der Waals surface area contributed by atoms with Crippen LogP contribution in [0.5, 0.6) is 0 Å². The lowest BCUT2D eigenvalue weighted by molar-refractivity contribution is -0.119. The molecular weight excluding hydrogens is 356 g/mol. The zero-order chi connectivity index (χ0) is 19.2. The van der Waals surface area contributed by atoms with Gasteiger partial charge in [0.25, 0.3) is 0 Å². The van der Waals surface area contributed by atoms with Gasteiger partial charge in [0.1, 0.15) is 0 Å². The third-order valence-corrected chi connectivity index (χ3v) is 5.40. The summed E-state index contributed by atoms with van der Waals surface area (Å²) in [5.74, 6) is 1.14. The predicted octanol–water partition coefficient (Wildman–Crippen LogP) is 4.24. The van der Waals surface area contributed by atoms with Gasteiger partial charge in [0.2, 0.25) is 5.91 Å². The van der Waals surface area contributed by atoms with E-state index >= 15 is 0 Å². The van der Waals surface area contributed by atoms with E-state index in [2.05, 4.69) is 40.0 Å². The molecule has 0 spiro atoms. The standard InChI is InChI=1S/C21H24N4OS/c1-4-25-20(18-13-9-8-10-15(18)2)23-24-21(25)27-14-19(26)22-16(3)17-11-6-5-7-12-17/h5-13,16H,4,14H2,1-3H3,(H,22,26)/t16-/m0/s1. The summed E-state index contributed by atoms with van der Waals surface area (Å²) in [6.07, 6.45) is 0. The summed E-state index contributed by atoms with van der Waals surface area (Å²) >= 11 is 1.42. The smallest absolute Gasteiger partial charge is 0.230 e. The van der Waals surface area contributed by atoms with E-state index in [9.17, 15) is 4.79 Å². The van der Waals surface area contributed by atoms with E-state index in [4.69, 9.17) is 0 Å². The van der Waals surface area contributed by atoms with Gasteiger partial charge in [-0.05, 0) is 31.9 Å². The molecule has 0 aliphatic carbocycles. The average Bonchev–Trinajstić information content (AvgIpc) is 3.10. The Hall–Kier alpha value is -2.60. The number of amides is 1. The molecule has 5 nitrogen and oxygen atoms in total. The van der Waals surface area contributed by atoms with Crippen molar-refractivity contribution in [2.75, 3.05) is 5.75 Å². The molecule has 27 heavy (non-hydrogen) atoms. The van der Waals surface area contributed by atoms with Crippen LogP contribution in [-0.4, -0.2) is 26.4 Å². The Morgan fingerprint density at radius 1 is 1.11 bits per heavy atom. The third-order valence-electron chi connectivity index (χ3n) is 4.43. The maximum Gasteiger partial charge on any atom is 0.230 e. The molecule has 1 N–H and O–H groups in total.